The molecule has 0 saturated carbocycles. The molecule has 9 heteroatoms. The number of carboxylic acid groups (broad SMARTS) is 1. The molecule has 31 heavy (non-hydrogen) atoms. The van der Waals surface area contributed by atoms with Crippen LogP contribution in [-0.4, -0.2) is 41.8 Å². The number of nitrogens with two attached hydrogens (primary N) is 1. The van der Waals surface area contributed by atoms with Crippen molar-refractivity contribution in [3.05, 3.63) is 72.1 Å². The van der Waals surface area contributed by atoms with Gasteiger partial charge >= 0.3 is 5.97 Å². The van der Waals surface area contributed by atoms with Crippen LogP contribution in [0.2, 0.25) is 0 Å². The minimum Gasteiger partial charge on any atom is -0.478 e. The predicted octanol–water partition coefficient (Wildman–Crippen LogP) is 4.32. The van der Waals surface area contributed by atoms with Gasteiger partial charge in [0.15, 0.2) is 5.65 Å². The molecule has 1 aliphatic heterocycles. The Hall–Kier alpha value is -3.04. The lowest BCUT2D eigenvalue weighted by Crippen LogP contribution is -2.21. The molecule has 7 nitrogen and oxygen atoms in total. The summed E-state index contributed by atoms with van der Waals surface area (Å²) in [6.07, 6.45) is 1.46. The number of nitrogen functional groups attached to an aromatic ring is 1. The molecule has 2 aromatic heterocycles. The maximum atomic E-state index is 11.8. The Morgan fingerprint density at radius 3 is 2.71 bits per heavy atom. The summed E-state index contributed by atoms with van der Waals surface area (Å²) in [6, 6.07) is 17.1. The topological polar surface area (TPSA) is 107 Å². The standard InChI is InChI=1S/C22H19N5O2S2/c23-20-18-19(13-6-2-1-3-7-13)26-27(21(18)25-12-24-20)10-17-16(11-30-31-17)14-8-4-5-9-15(14)22(28)29/h1-9,12,16-17H,10-11H2,(H,28,29)(H2,23,24,25)/t16-,17-/m0/s1. The van der Waals surface area contributed by atoms with Crippen molar-refractivity contribution >= 4 is 44.4 Å². The van der Waals surface area contributed by atoms with E-state index in [1.807, 2.05) is 47.1 Å². The second-order valence-corrected chi connectivity index (χ2v) is 9.92. The number of hydrogen-bond acceptors (Lipinski definition) is 7. The van der Waals surface area contributed by atoms with E-state index in [9.17, 15) is 9.90 Å². The van der Waals surface area contributed by atoms with Gasteiger partial charge in [-0.3, -0.25) is 0 Å². The molecule has 0 unspecified atom stereocenters. The first-order valence-electron chi connectivity index (χ1n) is 9.76. The zero-order chi connectivity index (χ0) is 21.4. The zero-order valence-electron chi connectivity index (χ0n) is 16.4. The van der Waals surface area contributed by atoms with Gasteiger partial charge in [0.25, 0.3) is 0 Å². The molecular formula is C22H19N5O2S2. The van der Waals surface area contributed by atoms with Gasteiger partial charge in [-0.1, -0.05) is 70.1 Å². The summed E-state index contributed by atoms with van der Waals surface area (Å²) in [5.41, 5.74) is 9.84. The highest BCUT2D eigenvalue weighted by atomic mass is 33.1. The SMILES string of the molecule is Nc1ncnc2c1c(-c1ccccc1)nn2C[C@@H]1SSC[C@H]1c1ccccc1C(=O)O. The van der Waals surface area contributed by atoms with Gasteiger partial charge in [0.05, 0.1) is 17.5 Å². The van der Waals surface area contributed by atoms with Crippen LogP contribution in [0.4, 0.5) is 5.82 Å². The van der Waals surface area contributed by atoms with Crippen molar-refractivity contribution in [1.29, 1.82) is 0 Å². The minimum atomic E-state index is -0.896. The van der Waals surface area contributed by atoms with E-state index in [2.05, 4.69) is 9.97 Å². The maximum absolute atomic E-state index is 11.8. The Labute approximate surface area is 186 Å². The number of nitrogens with zero attached hydrogens (tertiary/aromatic N) is 4. The van der Waals surface area contributed by atoms with Gasteiger partial charge in [-0.2, -0.15) is 5.10 Å². The number of fused-ring (bicyclic) bond motifs is 1. The van der Waals surface area contributed by atoms with Gasteiger partial charge in [-0.15, -0.1) is 0 Å². The molecule has 2 atom stereocenters. The molecule has 0 bridgehead atoms. The van der Waals surface area contributed by atoms with Crippen molar-refractivity contribution in [1.82, 2.24) is 19.7 Å². The fourth-order valence-corrected chi connectivity index (χ4v) is 7.26. The van der Waals surface area contributed by atoms with E-state index < -0.39 is 5.97 Å². The van der Waals surface area contributed by atoms with Gasteiger partial charge in [-0.05, 0) is 11.6 Å². The molecule has 0 spiro atoms. The summed E-state index contributed by atoms with van der Waals surface area (Å²) in [5.74, 6) is 0.450. The summed E-state index contributed by atoms with van der Waals surface area (Å²) >= 11 is 0. The first-order valence-corrected chi connectivity index (χ1v) is 12.1. The van der Waals surface area contributed by atoms with Crippen molar-refractivity contribution < 1.29 is 9.90 Å². The second-order valence-electron chi connectivity index (χ2n) is 7.27. The van der Waals surface area contributed by atoms with Crippen LogP contribution in [0, 0.1) is 0 Å². The van der Waals surface area contributed by atoms with Crippen LogP contribution in [-0.2, 0) is 6.54 Å². The number of carboxylic acids is 1. The molecule has 1 saturated heterocycles. The lowest BCUT2D eigenvalue weighted by Gasteiger charge is -2.20. The van der Waals surface area contributed by atoms with E-state index in [0.29, 0.717) is 23.6 Å². The summed E-state index contributed by atoms with van der Waals surface area (Å²) in [7, 11) is 3.53. The highest BCUT2D eigenvalue weighted by Gasteiger charge is 2.34. The predicted molar refractivity (Wildman–Crippen MR) is 125 cm³/mol. The zero-order valence-corrected chi connectivity index (χ0v) is 18.0. The quantitative estimate of drug-likeness (QED) is 0.434. The summed E-state index contributed by atoms with van der Waals surface area (Å²) in [6.45, 7) is 0.593. The largest absolute Gasteiger partial charge is 0.478 e. The van der Waals surface area contributed by atoms with Crippen LogP contribution in [0.25, 0.3) is 22.3 Å². The van der Waals surface area contributed by atoms with E-state index >= 15 is 0 Å². The molecule has 0 amide bonds. The highest BCUT2D eigenvalue weighted by Crippen LogP contribution is 2.48. The van der Waals surface area contributed by atoms with Crippen molar-refractivity contribution in [3.63, 3.8) is 0 Å². The number of anilines is 1. The third-order valence-electron chi connectivity index (χ3n) is 5.44. The van der Waals surface area contributed by atoms with Crippen LogP contribution in [0.5, 0.6) is 0 Å². The van der Waals surface area contributed by atoms with Crippen LogP contribution >= 0.6 is 21.6 Å². The number of benzene rings is 2. The maximum Gasteiger partial charge on any atom is 0.335 e. The summed E-state index contributed by atoms with van der Waals surface area (Å²) in [4.78, 5) is 20.4. The van der Waals surface area contributed by atoms with E-state index in [1.165, 1.54) is 6.33 Å². The minimum absolute atomic E-state index is 0.0981. The number of hydrogen-bond donors (Lipinski definition) is 2. The van der Waals surface area contributed by atoms with Gasteiger partial charge in [-0.25, -0.2) is 19.4 Å². The number of carbonyl (C=O) groups is 1. The van der Waals surface area contributed by atoms with Crippen molar-refractivity contribution in [2.75, 3.05) is 11.5 Å². The number of rotatable bonds is 5. The Bertz CT molecular complexity index is 1260. The molecule has 0 aliphatic carbocycles. The van der Waals surface area contributed by atoms with Gasteiger partial charge in [0, 0.05) is 22.5 Å². The Morgan fingerprint density at radius 1 is 1.13 bits per heavy atom. The third-order valence-corrected chi connectivity index (χ3v) is 8.35. The average Bonchev–Trinajstić information content (AvgIpc) is 3.40. The lowest BCUT2D eigenvalue weighted by molar-refractivity contribution is 0.0695. The molecule has 3 N–H and O–H groups in total. The molecule has 1 fully saturated rings. The number of aromatic carboxylic acids is 1. The molecule has 5 rings (SSSR count). The van der Waals surface area contributed by atoms with Crippen LogP contribution < -0.4 is 5.73 Å². The van der Waals surface area contributed by atoms with Gasteiger partial charge < -0.3 is 10.8 Å². The number of aromatic nitrogens is 4. The van der Waals surface area contributed by atoms with Crippen molar-refractivity contribution in [3.8, 4) is 11.3 Å². The Balaban J connectivity index is 1.56. The van der Waals surface area contributed by atoms with E-state index in [4.69, 9.17) is 10.8 Å². The second kappa shape index (κ2) is 8.24. The van der Waals surface area contributed by atoms with Crippen LogP contribution in [0.1, 0.15) is 21.8 Å². The fourth-order valence-electron chi connectivity index (χ4n) is 3.96. The molecule has 1 aliphatic rings. The van der Waals surface area contributed by atoms with Crippen LogP contribution in [0.3, 0.4) is 0 Å². The van der Waals surface area contributed by atoms with Crippen LogP contribution in [0.15, 0.2) is 60.9 Å². The smallest absolute Gasteiger partial charge is 0.335 e. The molecule has 156 valence electrons. The molecule has 0 radical (unpaired) electrons. The lowest BCUT2D eigenvalue weighted by atomic mass is 9.92. The highest BCUT2D eigenvalue weighted by molar-refractivity contribution is 8.77. The first kappa shape index (κ1) is 19.9. The molecule has 3 heterocycles. The van der Waals surface area contributed by atoms with Gasteiger partial charge in [0.2, 0.25) is 0 Å². The summed E-state index contributed by atoms with van der Waals surface area (Å²) < 4.78 is 1.88. The molecule has 2 aromatic carbocycles. The van der Waals surface area contributed by atoms with E-state index in [-0.39, 0.29) is 11.2 Å². The third kappa shape index (κ3) is 3.64. The van der Waals surface area contributed by atoms with Crippen molar-refractivity contribution in [2.45, 2.75) is 17.7 Å². The average molecular weight is 450 g/mol. The van der Waals surface area contributed by atoms with E-state index in [1.54, 1.807) is 33.7 Å². The summed E-state index contributed by atoms with van der Waals surface area (Å²) in [5, 5.41) is 15.4. The molecule has 4 aromatic rings. The Kier molecular flexibility index (Phi) is 5.29. The first-order chi connectivity index (χ1) is 15.1. The van der Waals surface area contributed by atoms with E-state index in [0.717, 1.165) is 28.0 Å². The molecular weight excluding hydrogens is 430 g/mol. The van der Waals surface area contributed by atoms with Crippen molar-refractivity contribution in [2.24, 2.45) is 0 Å². The van der Waals surface area contributed by atoms with Gasteiger partial charge in [0.1, 0.15) is 17.8 Å². The Morgan fingerprint density at radius 2 is 1.90 bits per heavy atom. The fraction of sp³-hybridized carbons (Fsp3) is 0.182. The monoisotopic (exact) mass is 449 g/mol. The normalized spacial score (nSPS) is 18.5.